The normalized spacial score (nSPS) is 16.1. The molecule has 2 amide bonds. The topological polar surface area (TPSA) is 58.4 Å². The van der Waals surface area contributed by atoms with Crippen LogP contribution in [-0.2, 0) is 6.18 Å². The molecular formula is C13H16F3N3O. The van der Waals surface area contributed by atoms with Gasteiger partial charge in [-0.25, -0.2) is 4.79 Å². The molecule has 0 aliphatic carbocycles. The number of carbonyl (C=O) groups is 1. The number of nitrogens with two attached hydrogens (primary N) is 1. The third-order valence-electron chi connectivity index (χ3n) is 3.23. The molecular weight excluding hydrogens is 271 g/mol. The second-order valence-electron chi connectivity index (χ2n) is 4.78. The number of alkyl halides is 3. The van der Waals surface area contributed by atoms with Gasteiger partial charge in [-0.1, -0.05) is 0 Å². The molecule has 1 aliphatic rings. The number of benzene rings is 1. The summed E-state index contributed by atoms with van der Waals surface area (Å²) in [5, 5.41) is 2.33. The standard InChI is InChI=1S/C13H16F3N3O/c14-13(15,16)10-8-9(17)4-5-11(10)18-12(20)19-6-2-1-3-7-19/h4-5,8H,1-3,6-7,17H2,(H,18,20). The van der Waals surface area contributed by atoms with Gasteiger partial charge in [-0.3, -0.25) is 0 Å². The summed E-state index contributed by atoms with van der Waals surface area (Å²) in [5.74, 6) is 0. The van der Waals surface area contributed by atoms with Gasteiger partial charge in [0.1, 0.15) is 0 Å². The van der Waals surface area contributed by atoms with Crippen molar-refractivity contribution in [1.29, 1.82) is 0 Å². The third-order valence-corrected chi connectivity index (χ3v) is 3.23. The van der Waals surface area contributed by atoms with Gasteiger partial charge in [-0.15, -0.1) is 0 Å². The number of carbonyl (C=O) groups excluding carboxylic acids is 1. The highest BCUT2D eigenvalue weighted by Crippen LogP contribution is 2.36. The van der Waals surface area contributed by atoms with Gasteiger partial charge in [-0.05, 0) is 37.5 Å². The van der Waals surface area contributed by atoms with Crippen LogP contribution in [0.3, 0.4) is 0 Å². The molecule has 3 N–H and O–H groups in total. The molecule has 0 radical (unpaired) electrons. The van der Waals surface area contributed by atoms with Gasteiger partial charge in [0.15, 0.2) is 0 Å². The number of piperidine rings is 1. The van der Waals surface area contributed by atoms with Crippen LogP contribution in [0.25, 0.3) is 0 Å². The van der Waals surface area contributed by atoms with Crippen molar-refractivity contribution < 1.29 is 18.0 Å². The van der Waals surface area contributed by atoms with Crippen molar-refractivity contribution in [3.63, 3.8) is 0 Å². The summed E-state index contributed by atoms with van der Waals surface area (Å²) in [5.41, 5.74) is 4.19. The number of nitrogen functional groups attached to an aromatic ring is 1. The lowest BCUT2D eigenvalue weighted by Gasteiger charge is -2.27. The number of urea groups is 1. The number of nitrogens with zero attached hydrogens (tertiary/aromatic N) is 1. The molecule has 0 aromatic heterocycles. The lowest BCUT2D eigenvalue weighted by atomic mass is 10.1. The largest absolute Gasteiger partial charge is 0.418 e. The van der Waals surface area contributed by atoms with Crippen LogP contribution in [0.4, 0.5) is 29.3 Å². The first-order valence-corrected chi connectivity index (χ1v) is 6.40. The second-order valence-corrected chi connectivity index (χ2v) is 4.78. The minimum Gasteiger partial charge on any atom is -0.399 e. The maximum atomic E-state index is 12.9. The predicted molar refractivity (Wildman–Crippen MR) is 70.3 cm³/mol. The van der Waals surface area contributed by atoms with E-state index in [-0.39, 0.29) is 11.4 Å². The molecule has 0 bridgehead atoms. The van der Waals surface area contributed by atoms with Crippen LogP contribution in [0.1, 0.15) is 24.8 Å². The Morgan fingerprint density at radius 1 is 1.20 bits per heavy atom. The summed E-state index contributed by atoms with van der Waals surface area (Å²) in [7, 11) is 0. The molecule has 1 aromatic carbocycles. The smallest absolute Gasteiger partial charge is 0.399 e. The van der Waals surface area contributed by atoms with Crippen LogP contribution >= 0.6 is 0 Å². The Morgan fingerprint density at radius 2 is 1.85 bits per heavy atom. The van der Waals surface area contributed by atoms with Crippen molar-refractivity contribution >= 4 is 17.4 Å². The van der Waals surface area contributed by atoms with Crippen LogP contribution in [0, 0.1) is 0 Å². The molecule has 1 aliphatic heterocycles. The van der Waals surface area contributed by atoms with E-state index >= 15 is 0 Å². The van der Waals surface area contributed by atoms with Crippen molar-refractivity contribution in [1.82, 2.24) is 4.90 Å². The van der Waals surface area contributed by atoms with E-state index in [1.807, 2.05) is 0 Å². The number of anilines is 2. The second kappa shape index (κ2) is 5.60. The van der Waals surface area contributed by atoms with E-state index in [1.165, 1.54) is 17.0 Å². The minimum absolute atomic E-state index is 0.00768. The van der Waals surface area contributed by atoms with Gasteiger partial charge in [0.05, 0.1) is 11.3 Å². The van der Waals surface area contributed by atoms with Crippen LogP contribution < -0.4 is 11.1 Å². The number of rotatable bonds is 1. The summed E-state index contributed by atoms with van der Waals surface area (Å²) >= 11 is 0. The molecule has 0 unspecified atom stereocenters. The van der Waals surface area contributed by atoms with Crippen LogP contribution in [-0.4, -0.2) is 24.0 Å². The molecule has 1 saturated heterocycles. The maximum Gasteiger partial charge on any atom is 0.418 e. The van der Waals surface area contributed by atoms with Crippen LogP contribution in [0.2, 0.25) is 0 Å². The number of hydrogen-bond acceptors (Lipinski definition) is 2. The molecule has 4 nitrogen and oxygen atoms in total. The number of halogens is 3. The first-order chi connectivity index (χ1) is 9.38. The summed E-state index contributed by atoms with van der Waals surface area (Å²) in [4.78, 5) is 13.5. The van der Waals surface area contributed by atoms with Crippen molar-refractivity contribution in [2.45, 2.75) is 25.4 Å². The zero-order chi connectivity index (χ0) is 14.8. The minimum atomic E-state index is -4.56. The van der Waals surface area contributed by atoms with E-state index in [4.69, 9.17) is 5.73 Å². The third kappa shape index (κ3) is 3.34. The first kappa shape index (κ1) is 14.5. The molecule has 2 rings (SSSR count). The summed E-state index contributed by atoms with van der Waals surface area (Å²) in [6.45, 7) is 1.14. The van der Waals surface area contributed by atoms with Gasteiger partial charge in [0, 0.05) is 18.8 Å². The van der Waals surface area contributed by atoms with Crippen LogP contribution in [0.5, 0.6) is 0 Å². The molecule has 1 heterocycles. The average molecular weight is 287 g/mol. The summed E-state index contributed by atoms with van der Waals surface area (Å²) in [6.07, 6.45) is -1.76. The van der Waals surface area contributed by atoms with E-state index in [0.717, 1.165) is 25.3 Å². The van der Waals surface area contributed by atoms with Gasteiger partial charge < -0.3 is 16.0 Å². The number of amides is 2. The highest BCUT2D eigenvalue weighted by atomic mass is 19.4. The number of likely N-dealkylation sites (tertiary alicyclic amines) is 1. The van der Waals surface area contributed by atoms with Crippen molar-refractivity contribution in [3.8, 4) is 0 Å². The van der Waals surface area contributed by atoms with Crippen molar-refractivity contribution in [3.05, 3.63) is 23.8 Å². The fourth-order valence-electron chi connectivity index (χ4n) is 2.20. The number of hydrogen-bond donors (Lipinski definition) is 2. The first-order valence-electron chi connectivity index (χ1n) is 6.40. The number of nitrogens with one attached hydrogen (secondary N) is 1. The van der Waals surface area contributed by atoms with E-state index < -0.39 is 17.8 Å². The van der Waals surface area contributed by atoms with E-state index in [0.29, 0.717) is 13.1 Å². The predicted octanol–water partition coefficient (Wildman–Crippen LogP) is 3.31. The SMILES string of the molecule is Nc1ccc(NC(=O)N2CCCCC2)c(C(F)(F)F)c1. The Labute approximate surface area is 114 Å². The van der Waals surface area contributed by atoms with E-state index in [9.17, 15) is 18.0 Å². The Kier molecular flexibility index (Phi) is 4.06. The summed E-state index contributed by atoms with van der Waals surface area (Å²) in [6, 6.07) is 2.84. The highest BCUT2D eigenvalue weighted by molar-refractivity contribution is 5.90. The molecule has 0 saturated carbocycles. The van der Waals surface area contributed by atoms with Crippen molar-refractivity contribution in [2.75, 3.05) is 24.1 Å². The fourth-order valence-corrected chi connectivity index (χ4v) is 2.20. The average Bonchev–Trinajstić information content (AvgIpc) is 2.40. The monoisotopic (exact) mass is 287 g/mol. The van der Waals surface area contributed by atoms with Gasteiger partial charge in [0.25, 0.3) is 0 Å². The molecule has 1 aromatic rings. The Hall–Kier alpha value is -1.92. The van der Waals surface area contributed by atoms with Gasteiger partial charge >= 0.3 is 12.2 Å². The van der Waals surface area contributed by atoms with E-state index in [2.05, 4.69) is 5.32 Å². The lowest BCUT2D eigenvalue weighted by Crippen LogP contribution is -2.39. The van der Waals surface area contributed by atoms with Gasteiger partial charge in [-0.2, -0.15) is 13.2 Å². The highest BCUT2D eigenvalue weighted by Gasteiger charge is 2.34. The molecule has 0 spiro atoms. The molecule has 20 heavy (non-hydrogen) atoms. The molecule has 110 valence electrons. The van der Waals surface area contributed by atoms with E-state index in [1.54, 1.807) is 0 Å². The molecule has 1 fully saturated rings. The maximum absolute atomic E-state index is 12.9. The lowest BCUT2D eigenvalue weighted by molar-refractivity contribution is -0.136. The van der Waals surface area contributed by atoms with Gasteiger partial charge in [0.2, 0.25) is 0 Å². The Balaban J connectivity index is 2.18. The fraction of sp³-hybridized carbons (Fsp3) is 0.462. The van der Waals surface area contributed by atoms with Crippen molar-refractivity contribution in [2.24, 2.45) is 0 Å². The Morgan fingerprint density at radius 3 is 2.45 bits per heavy atom. The molecule has 0 atom stereocenters. The van der Waals surface area contributed by atoms with Crippen LogP contribution in [0.15, 0.2) is 18.2 Å². The zero-order valence-corrected chi connectivity index (χ0v) is 10.8. The quantitative estimate of drug-likeness (QED) is 0.779. The Bertz CT molecular complexity index is 496. The summed E-state index contributed by atoms with van der Waals surface area (Å²) < 4.78 is 38.7. The zero-order valence-electron chi connectivity index (χ0n) is 10.8. The molecule has 7 heteroatoms.